The molecule has 7 heteroatoms. The topological polar surface area (TPSA) is 81.0 Å². The number of nitrogens with zero attached hydrogens (tertiary/aromatic N) is 3. The molecule has 108 valence electrons. The maximum atomic E-state index is 11.0. The van der Waals surface area contributed by atoms with E-state index in [0.717, 1.165) is 19.3 Å². The van der Waals surface area contributed by atoms with Crippen LogP contribution in [0.4, 0.5) is 11.5 Å². The minimum absolute atomic E-state index is 0.0208. The van der Waals surface area contributed by atoms with Gasteiger partial charge in [0.25, 0.3) is 0 Å². The van der Waals surface area contributed by atoms with Crippen molar-refractivity contribution < 1.29 is 4.92 Å². The van der Waals surface area contributed by atoms with E-state index >= 15 is 0 Å². The average molecular weight is 297 g/mol. The second-order valence-electron chi connectivity index (χ2n) is 4.82. The summed E-state index contributed by atoms with van der Waals surface area (Å²) in [4.78, 5) is 18.3. The summed E-state index contributed by atoms with van der Waals surface area (Å²) in [5, 5.41) is 14.1. The van der Waals surface area contributed by atoms with Crippen molar-refractivity contribution in [3.05, 3.63) is 32.7 Å². The Morgan fingerprint density at radius 1 is 1.45 bits per heavy atom. The van der Waals surface area contributed by atoms with E-state index in [1.54, 1.807) is 6.92 Å². The monoisotopic (exact) mass is 296 g/mol. The van der Waals surface area contributed by atoms with Crippen LogP contribution >= 0.6 is 11.6 Å². The number of aryl methyl sites for hydroxylation is 1. The zero-order valence-electron chi connectivity index (χ0n) is 11.4. The molecule has 1 heterocycles. The van der Waals surface area contributed by atoms with E-state index < -0.39 is 4.92 Å². The number of nitro groups is 1. The molecule has 0 spiro atoms. The molecule has 0 unspecified atom stereocenters. The third-order valence-corrected chi connectivity index (χ3v) is 3.51. The maximum Gasteiger partial charge on any atom is 0.332 e. The molecule has 0 aliphatic heterocycles. The first kappa shape index (κ1) is 14.7. The average Bonchev–Trinajstić information content (AvgIpc) is 2.38. The fraction of sp³-hybridized carbons (Fsp3) is 0.538. The first-order valence-corrected chi connectivity index (χ1v) is 7.06. The molecule has 1 aromatic rings. The van der Waals surface area contributed by atoms with E-state index in [4.69, 9.17) is 11.6 Å². The molecular weight excluding hydrogens is 280 g/mol. The van der Waals surface area contributed by atoms with Gasteiger partial charge in [-0.05, 0) is 50.6 Å². The predicted octanol–water partition coefficient (Wildman–Crippen LogP) is 3.65. The number of rotatable bonds is 5. The number of hydrogen-bond acceptors (Lipinski definition) is 5. The molecule has 0 aromatic carbocycles. The zero-order valence-corrected chi connectivity index (χ0v) is 12.1. The van der Waals surface area contributed by atoms with Crippen LogP contribution in [0.15, 0.2) is 11.6 Å². The number of aromatic nitrogens is 2. The van der Waals surface area contributed by atoms with Crippen molar-refractivity contribution in [1.29, 1.82) is 0 Å². The highest BCUT2D eigenvalue weighted by Crippen LogP contribution is 2.27. The second-order valence-corrected chi connectivity index (χ2v) is 5.16. The molecule has 20 heavy (non-hydrogen) atoms. The van der Waals surface area contributed by atoms with Crippen molar-refractivity contribution >= 4 is 23.1 Å². The number of allylic oxidation sites excluding steroid dienone is 1. The summed E-state index contributed by atoms with van der Waals surface area (Å²) < 4.78 is 0. The molecule has 0 atom stereocenters. The zero-order chi connectivity index (χ0) is 14.5. The third-order valence-electron chi connectivity index (χ3n) is 3.34. The molecule has 0 saturated carbocycles. The van der Waals surface area contributed by atoms with Gasteiger partial charge in [0, 0.05) is 6.54 Å². The molecule has 6 nitrogen and oxygen atoms in total. The number of nitrogens with one attached hydrogen (secondary N) is 1. The standard InChI is InChI=1S/C13H17ClN4O2/c1-9-11(18(19)20)12(17-13(14)16-9)15-8-7-10-5-3-2-4-6-10/h5H,2-4,6-8H2,1H3,(H,15,16,17). The van der Waals surface area contributed by atoms with E-state index in [1.165, 1.54) is 18.4 Å². The minimum atomic E-state index is -0.478. The highest BCUT2D eigenvalue weighted by Gasteiger charge is 2.21. The van der Waals surface area contributed by atoms with Crippen LogP contribution in [0.25, 0.3) is 0 Å². The van der Waals surface area contributed by atoms with Gasteiger partial charge in [-0.1, -0.05) is 11.6 Å². The molecule has 1 aliphatic carbocycles. The summed E-state index contributed by atoms with van der Waals surface area (Å²) in [5.41, 5.74) is 1.57. The fourth-order valence-electron chi connectivity index (χ4n) is 2.35. The van der Waals surface area contributed by atoms with Crippen molar-refractivity contribution in [3.8, 4) is 0 Å². The lowest BCUT2D eigenvalue weighted by atomic mass is 9.97. The Morgan fingerprint density at radius 3 is 2.90 bits per heavy atom. The molecule has 0 amide bonds. The van der Waals surface area contributed by atoms with Gasteiger partial charge < -0.3 is 5.32 Å². The van der Waals surface area contributed by atoms with Crippen molar-refractivity contribution in [1.82, 2.24) is 9.97 Å². The van der Waals surface area contributed by atoms with Crippen molar-refractivity contribution in [2.75, 3.05) is 11.9 Å². The number of hydrogen-bond donors (Lipinski definition) is 1. The fourth-order valence-corrected chi connectivity index (χ4v) is 2.56. The number of anilines is 1. The summed E-state index contributed by atoms with van der Waals surface area (Å²) >= 11 is 5.76. The highest BCUT2D eigenvalue weighted by atomic mass is 35.5. The van der Waals surface area contributed by atoms with Crippen molar-refractivity contribution in [2.24, 2.45) is 0 Å². The molecule has 1 aromatic heterocycles. The van der Waals surface area contributed by atoms with Crippen LogP contribution in [-0.4, -0.2) is 21.4 Å². The molecule has 0 saturated heterocycles. The van der Waals surface area contributed by atoms with E-state index in [9.17, 15) is 10.1 Å². The van der Waals surface area contributed by atoms with Crippen LogP contribution in [-0.2, 0) is 0 Å². The Hall–Kier alpha value is -1.69. The lowest BCUT2D eigenvalue weighted by molar-refractivity contribution is -0.385. The Bertz CT molecular complexity index is 545. The second kappa shape index (κ2) is 6.65. The SMILES string of the molecule is Cc1nc(Cl)nc(NCCC2=CCCCC2)c1[N+](=O)[O-]. The molecule has 0 fully saturated rings. The normalized spacial score (nSPS) is 14.8. The van der Waals surface area contributed by atoms with Crippen LogP contribution in [0.3, 0.4) is 0 Å². The van der Waals surface area contributed by atoms with Gasteiger partial charge in [0.15, 0.2) is 0 Å². The van der Waals surface area contributed by atoms with Crippen LogP contribution in [0, 0.1) is 17.0 Å². The lowest BCUT2D eigenvalue weighted by Crippen LogP contribution is -2.10. The van der Waals surface area contributed by atoms with Gasteiger partial charge in [-0.15, -0.1) is 0 Å². The highest BCUT2D eigenvalue weighted by molar-refractivity contribution is 6.28. The van der Waals surface area contributed by atoms with E-state index in [1.807, 2.05) is 0 Å². The largest absolute Gasteiger partial charge is 0.364 e. The molecule has 0 bridgehead atoms. The first-order valence-electron chi connectivity index (χ1n) is 6.68. The van der Waals surface area contributed by atoms with Gasteiger partial charge in [0.2, 0.25) is 11.1 Å². The smallest absolute Gasteiger partial charge is 0.332 e. The Labute approximate surface area is 122 Å². The molecule has 2 rings (SSSR count). The number of halogens is 1. The summed E-state index contributed by atoms with van der Waals surface area (Å²) in [6.45, 7) is 2.17. The van der Waals surface area contributed by atoms with E-state index in [2.05, 4.69) is 21.4 Å². The Kier molecular flexibility index (Phi) is 4.89. The first-order chi connectivity index (χ1) is 9.58. The summed E-state index contributed by atoms with van der Waals surface area (Å²) in [7, 11) is 0. The van der Waals surface area contributed by atoms with Crippen LogP contribution < -0.4 is 5.32 Å². The van der Waals surface area contributed by atoms with Crippen molar-refractivity contribution in [2.45, 2.75) is 39.0 Å². The quantitative estimate of drug-likeness (QED) is 0.388. The van der Waals surface area contributed by atoms with Crippen molar-refractivity contribution in [3.63, 3.8) is 0 Å². The van der Waals surface area contributed by atoms with Gasteiger partial charge in [-0.2, -0.15) is 4.98 Å². The van der Waals surface area contributed by atoms with Gasteiger partial charge in [0.1, 0.15) is 5.69 Å². The van der Waals surface area contributed by atoms with Gasteiger partial charge >= 0.3 is 5.69 Å². The molecule has 1 N–H and O–H groups in total. The summed E-state index contributed by atoms with van der Waals surface area (Å²) in [6, 6.07) is 0. The Morgan fingerprint density at radius 2 is 2.25 bits per heavy atom. The molecular formula is C13H17ClN4O2. The lowest BCUT2D eigenvalue weighted by Gasteiger charge is -2.13. The van der Waals surface area contributed by atoms with E-state index in [0.29, 0.717) is 6.54 Å². The third kappa shape index (κ3) is 3.66. The maximum absolute atomic E-state index is 11.0. The van der Waals surface area contributed by atoms with Crippen LogP contribution in [0.5, 0.6) is 0 Å². The van der Waals surface area contributed by atoms with Gasteiger partial charge in [-0.3, -0.25) is 10.1 Å². The minimum Gasteiger partial charge on any atom is -0.364 e. The van der Waals surface area contributed by atoms with Crippen LogP contribution in [0.2, 0.25) is 5.28 Å². The summed E-state index contributed by atoms with van der Waals surface area (Å²) in [5.74, 6) is 0.198. The molecule has 1 aliphatic rings. The molecule has 0 radical (unpaired) electrons. The van der Waals surface area contributed by atoms with E-state index in [-0.39, 0.29) is 22.5 Å². The van der Waals surface area contributed by atoms with Gasteiger partial charge in [0.05, 0.1) is 4.92 Å². The Balaban J connectivity index is 2.05. The van der Waals surface area contributed by atoms with Crippen LogP contribution in [0.1, 0.15) is 37.8 Å². The predicted molar refractivity (Wildman–Crippen MR) is 78.1 cm³/mol. The van der Waals surface area contributed by atoms with Gasteiger partial charge in [-0.25, -0.2) is 4.98 Å². The summed E-state index contributed by atoms with van der Waals surface area (Å²) in [6.07, 6.45) is 7.87.